The molecule has 0 rings (SSSR count). The third kappa shape index (κ3) is 14.0. The van der Waals surface area contributed by atoms with Gasteiger partial charge in [0, 0.05) is 0 Å². The van der Waals surface area contributed by atoms with Gasteiger partial charge in [-0.2, -0.15) is 0 Å². The number of carbonyl (C=O) groups is 2. The molecule has 0 aliphatic carbocycles. The minimum absolute atomic E-state index is 0.0835. The van der Waals surface area contributed by atoms with Crippen LogP contribution in [0.4, 0.5) is 0 Å². The Morgan fingerprint density at radius 3 is 1.63 bits per heavy atom. The van der Waals surface area contributed by atoms with Crippen molar-refractivity contribution in [3.63, 3.8) is 0 Å². The zero-order valence-corrected chi connectivity index (χ0v) is 15.1. The van der Waals surface area contributed by atoms with Crippen molar-refractivity contribution in [2.45, 2.75) is 61.2 Å². The van der Waals surface area contributed by atoms with Gasteiger partial charge in [-0.1, -0.05) is 0 Å². The first-order valence-electron chi connectivity index (χ1n) is 7.22. The Balaban J connectivity index is 3.29. The Morgan fingerprint density at radius 2 is 1.26 bits per heavy atom. The second-order valence-electron chi connectivity index (χ2n) is 4.40. The van der Waals surface area contributed by atoms with Gasteiger partial charge in [0.2, 0.25) is 0 Å². The molecule has 0 saturated heterocycles. The van der Waals surface area contributed by atoms with Gasteiger partial charge in [0.15, 0.2) is 0 Å². The molecule has 0 bridgehead atoms. The molecule has 0 amide bonds. The van der Waals surface area contributed by atoms with Crippen LogP contribution >= 0.6 is 0 Å². The van der Waals surface area contributed by atoms with Crippen molar-refractivity contribution < 1.29 is 19.1 Å². The summed E-state index contributed by atoms with van der Waals surface area (Å²) in [5.74, 6) is -0.167. The van der Waals surface area contributed by atoms with Gasteiger partial charge >= 0.3 is 127 Å². The zero-order valence-electron chi connectivity index (χ0n) is 12.2. The van der Waals surface area contributed by atoms with E-state index in [0.29, 0.717) is 26.1 Å². The molecule has 0 unspecified atom stereocenters. The normalized spacial score (nSPS) is 10.2. The third-order valence-corrected chi connectivity index (χ3v) is 5.98. The van der Waals surface area contributed by atoms with Gasteiger partial charge in [-0.05, 0) is 0 Å². The monoisotopic (exact) mass is 378 g/mol. The van der Waals surface area contributed by atoms with E-state index in [-0.39, 0.29) is 11.9 Å². The number of ether oxygens (including phenoxy) is 2. The zero-order chi connectivity index (χ0) is 14.3. The van der Waals surface area contributed by atoms with Crippen LogP contribution in [0, 0.1) is 0 Å². The van der Waals surface area contributed by atoms with E-state index in [2.05, 4.69) is 13.8 Å². The fourth-order valence-electron chi connectivity index (χ4n) is 1.31. The summed E-state index contributed by atoms with van der Waals surface area (Å²) in [6.45, 7) is 5.23. The predicted molar refractivity (Wildman–Crippen MR) is 76.3 cm³/mol. The molecule has 4 nitrogen and oxygen atoms in total. The van der Waals surface area contributed by atoms with E-state index in [4.69, 9.17) is 9.47 Å². The Morgan fingerprint density at radius 1 is 0.842 bits per heavy atom. The summed E-state index contributed by atoms with van der Waals surface area (Å²) in [4.78, 5) is 22.6. The first-order chi connectivity index (χ1) is 9.20. The van der Waals surface area contributed by atoms with Crippen molar-refractivity contribution in [2.75, 3.05) is 13.2 Å². The summed E-state index contributed by atoms with van der Waals surface area (Å²) in [6, 6.07) is 0. The van der Waals surface area contributed by atoms with E-state index in [1.54, 1.807) is 0 Å². The average molecular weight is 377 g/mol. The fraction of sp³-hybridized carbons (Fsp3) is 0.857. The van der Waals surface area contributed by atoms with Crippen LogP contribution in [0.15, 0.2) is 0 Å². The molecule has 0 spiro atoms. The van der Waals surface area contributed by atoms with Gasteiger partial charge in [0.05, 0.1) is 0 Å². The van der Waals surface area contributed by atoms with Crippen molar-refractivity contribution in [2.24, 2.45) is 0 Å². The summed E-state index contributed by atoms with van der Waals surface area (Å²) < 4.78 is 12.1. The molecule has 19 heavy (non-hydrogen) atoms. The van der Waals surface area contributed by atoms with Crippen LogP contribution in [0.1, 0.15) is 52.4 Å². The predicted octanol–water partition coefficient (Wildman–Crippen LogP) is 2.99. The number of rotatable bonds is 12. The van der Waals surface area contributed by atoms with Gasteiger partial charge in [-0.3, -0.25) is 0 Å². The SMILES string of the molecule is CCCCOC(=O)C[CH2][Sn][CH2]CC(=O)OCCCC. The van der Waals surface area contributed by atoms with Crippen molar-refractivity contribution in [1.29, 1.82) is 0 Å². The molecule has 0 aromatic carbocycles. The van der Waals surface area contributed by atoms with E-state index in [1.807, 2.05) is 0 Å². The number of carbonyl (C=O) groups excluding carboxylic acids is 2. The molecule has 5 heteroatoms. The van der Waals surface area contributed by atoms with Gasteiger partial charge in [-0.15, -0.1) is 0 Å². The number of esters is 2. The maximum absolute atomic E-state index is 11.3. The first kappa shape index (κ1) is 18.7. The fourth-order valence-corrected chi connectivity index (χ4v) is 4.20. The first-order valence-corrected chi connectivity index (χ1v) is 11.3. The van der Waals surface area contributed by atoms with Crippen LogP contribution in [0.3, 0.4) is 0 Å². The molecule has 0 aromatic heterocycles. The molecule has 0 aliphatic rings. The van der Waals surface area contributed by atoms with E-state index in [0.717, 1.165) is 34.6 Å². The Labute approximate surface area is 126 Å². The van der Waals surface area contributed by atoms with Gasteiger partial charge in [0.1, 0.15) is 0 Å². The van der Waals surface area contributed by atoms with Crippen molar-refractivity contribution >= 4 is 33.1 Å². The van der Waals surface area contributed by atoms with Crippen LogP contribution < -0.4 is 0 Å². The maximum atomic E-state index is 11.3. The molecule has 2 radical (unpaired) electrons. The molecule has 0 aliphatic heterocycles. The molecular formula is C14H26O4Sn. The van der Waals surface area contributed by atoms with Crippen molar-refractivity contribution in [1.82, 2.24) is 0 Å². The Hall–Kier alpha value is -0.261. The van der Waals surface area contributed by atoms with E-state index < -0.39 is 21.1 Å². The quantitative estimate of drug-likeness (QED) is 0.298. The van der Waals surface area contributed by atoms with Crippen LogP contribution in [0.2, 0.25) is 8.87 Å². The van der Waals surface area contributed by atoms with Gasteiger partial charge in [-0.25, -0.2) is 0 Å². The molecular weight excluding hydrogens is 351 g/mol. The number of hydrogen-bond acceptors (Lipinski definition) is 4. The topological polar surface area (TPSA) is 52.6 Å². The third-order valence-electron chi connectivity index (χ3n) is 2.53. The van der Waals surface area contributed by atoms with Crippen LogP contribution in [0.5, 0.6) is 0 Å². The van der Waals surface area contributed by atoms with Crippen molar-refractivity contribution in [3.8, 4) is 0 Å². The van der Waals surface area contributed by atoms with Crippen LogP contribution in [-0.2, 0) is 19.1 Å². The van der Waals surface area contributed by atoms with Crippen molar-refractivity contribution in [3.05, 3.63) is 0 Å². The van der Waals surface area contributed by atoms with E-state index in [9.17, 15) is 9.59 Å². The second-order valence-corrected chi connectivity index (χ2v) is 8.68. The molecule has 0 N–H and O–H groups in total. The van der Waals surface area contributed by atoms with E-state index in [1.165, 1.54) is 0 Å². The number of unbranched alkanes of at least 4 members (excludes halogenated alkanes) is 2. The summed E-state index contributed by atoms with van der Waals surface area (Å²) in [6.07, 6.45) is 5.03. The summed E-state index contributed by atoms with van der Waals surface area (Å²) in [5.41, 5.74) is 0. The number of hydrogen-bond donors (Lipinski definition) is 0. The Bertz CT molecular complexity index is 220. The summed E-state index contributed by atoms with van der Waals surface area (Å²) in [5, 5.41) is 0. The van der Waals surface area contributed by atoms with Crippen LogP contribution in [0.25, 0.3) is 0 Å². The molecule has 0 aromatic rings. The van der Waals surface area contributed by atoms with Crippen LogP contribution in [-0.4, -0.2) is 46.3 Å². The Kier molecular flexibility index (Phi) is 14.0. The second kappa shape index (κ2) is 14.2. The van der Waals surface area contributed by atoms with E-state index >= 15 is 0 Å². The summed E-state index contributed by atoms with van der Waals surface area (Å²) in [7, 11) is 0. The molecule has 0 fully saturated rings. The molecule has 110 valence electrons. The standard InChI is InChI=1S/2C7H13O2.Sn/c2*1-3-5-6-9-7(8)4-2;/h2*2-6H2,1H3;. The van der Waals surface area contributed by atoms with Gasteiger partial charge < -0.3 is 0 Å². The minimum atomic E-state index is -0.602. The van der Waals surface area contributed by atoms with Gasteiger partial charge in [0.25, 0.3) is 0 Å². The molecule has 0 saturated carbocycles. The molecule has 0 atom stereocenters. The summed E-state index contributed by atoms with van der Waals surface area (Å²) >= 11 is -0.602. The average Bonchev–Trinajstić information content (AvgIpc) is 2.39. The molecule has 0 heterocycles.